The summed E-state index contributed by atoms with van der Waals surface area (Å²) in [6.07, 6.45) is 1.68. The Morgan fingerprint density at radius 1 is 1.35 bits per heavy atom. The Hall–Kier alpha value is -2.10. The number of carboxylic acid groups (broad SMARTS) is 1. The van der Waals surface area contributed by atoms with E-state index < -0.39 is 11.9 Å². The highest BCUT2D eigenvalue weighted by molar-refractivity contribution is 5.75. The van der Waals surface area contributed by atoms with Crippen molar-refractivity contribution in [3.8, 4) is 0 Å². The molecule has 1 aromatic carbocycles. The SMILES string of the molecule is Cc1ccnn1CC(C(=O)O)c1ccccc1. The highest BCUT2D eigenvalue weighted by atomic mass is 16.4. The molecule has 0 aliphatic rings. The Kier molecular flexibility index (Phi) is 3.23. The van der Waals surface area contributed by atoms with Gasteiger partial charge in [0, 0.05) is 11.9 Å². The lowest BCUT2D eigenvalue weighted by atomic mass is 9.99. The van der Waals surface area contributed by atoms with E-state index >= 15 is 0 Å². The van der Waals surface area contributed by atoms with Gasteiger partial charge < -0.3 is 5.11 Å². The van der Waals surface area contributed by atoms with Crippen LogP contribution >= 0.6 is 0 Å². The van der Waals surface area contributed by atoms with E-state index in [1.807, 2.05) is 43.3 Å². The molecule has 0 aliphatic heterocycles. The Balaban J connectivity index is 2.26. The monoisotopic (exact) mass is 230 g/mol. The molecule has 0 spiro atoms. The van der Waals surface area contributed by atoms with Crippen LogP contribution in [-0.2, 0) is 11.3 Å². The van der Waals surface area contributed by atoms with E-state index in [0.717, 1.165) is 11.3 Å². The lowest BCUT2D eigenvalue weighted by Crippen LogP contribution is -2.19. The summed E-state index contributed by atoms with van der Waals surface area (Å²) in [5.41, 5.74) is 1.77. The summed E-state index contributed by atoms with van der Waals surface area (Å²) in [5, 5.41) is 13.4. The predicted octanol–water partition coefficient (Wildman–Crippen LogP) is 2.06. The molecular formula is C13H14N2O2. The van der Waals surface area contributed by atoms with Crippen molar-refractivity contribution in [2.45, 2.75) is 19.4 Å². The molecule has 1 N–H and O–H groups in total. The summed E-state index contributed by atoms with van der Waals surface area (Å²) in [6.45, 7) is 2.27. The van der Waals surface area contributed by atoms with E-state index in [-0.39, 0.29) is 0 Å². The second-order valence-electron chi connectivity index (χ2n) is 3.96. The Labute approximate surface area is 99.5 Å². The number of aliphatic carboxylic acids is 1. The Morgan fingerprint density at radius 2 is 2.06 bits per heavy atom. The van der Waals surface area contributed by atoms with Gasteiger partial charge in [0.05, 0.1) is 6.54 Å². The topological polar surface area (TPSA) is 55.1 Å². The van der Waals surface area contributed by atoms with Gasteiger partial charge in [0.2, 0.25) is 0 Å². The van der Waals surface area contributed by atoms with Crippen LogP contribution in [0.25, 0.3) is 0 Å². The van der Waals surface area contributed by atoms with Crippen LogP contribution < -0.4 is 0 Å². The van der Waals surface area contributed by atoms with Crippen molar-refractivity contribution in [2.24, 2.45) is 0 Å². The number of hydrogen-bond donors (Lipinski definition) is 1. The first kappa shape index (κ1) is 11.4. The summed E-state index contributed by atoms with van der Waals surface area (Å²) in [6, 6.07) is 11.1. The number of nitrogens with zero attached hydrogens (tertiary/aromatic N) is 2. The van der Waals surface area contributed by atoms with Crippen LogP contribution in [0.4, 0.5) is 0 Å². The van der Waals surface area contributed by atoms with E-state index in [0.29, 0.717) is 6.54 Å². The van der Waals surface area contributed by atoms with Gasteiger partial charge in [-0.3, -0.25) is 9.48 Å². The molecule has 0 amide bonds. The van der Waals surface area contributed by atoms with Crippen LogP contribution in [-0.4, -0.2) is 20.9 Å². The fraction of sp³-hybridized carbons (Fsp3) is 0.231. The maximum Gasteiger partial charge on any atom is 0.312 e. The normalized spacial score (nSPS) is 12.3. The molecule has 4 heteroatoms. The van der Waals surface area contributed by atoms with Crippen LogP contribution in [0.3, 0.4) is 0 Å². The van der Waals surface area contributed by atoms with Gasteiger partial charge in [0.1, 0.15) is 5.92 Å². The summed E-state index contributed by atoms with van der Waals surface area (Å²) in [4.78, 5) is 11.3. The van der Waals surface area contributed by atoms with Crippen molar-refractivity contribution in [1.29, 1.82) is 0 Å². The van der Waals surface area contributed by atoms with Crippen molar-refractivity contribution < 1.29 is 9.90 Å². The fourth-order valence-electron chi connectivity index (χ4n) is 1.77. The van der Waals surface area contributed by atoms with E-state index in [2.05, 4.69) is 5.10 Å². The summed E-state index contributed by atoms with van der Waals surface area (Å²) < 4.78 is 1.71. The number of rotatable bonds is 4. The van der Waals surface area contributed by atoms with Gasteiger partial charge in [-0.2, -0.15) is 5.10 Å². The van der Waals surface area contributed by atoms with Crippen LogP contribution in [0.2, 0.25) is 0 Å². The molecule has 0 bridgehead atoms. The van der Waals surface area contributed by atoms with Gasteiger partial charge in [0.15, 0.2) is 0 Å². The average Bonchev–Trinajstić information content (AvgIpc) is 2.72. The van der Waals surface area contributed by atoms with Crippen molar-refractivity contribution in [2.75, 3.05) is 0 Å². The van der Waals surface area contributed by atoms with Gasteiger partial charge in [-0.15, -0.1) is 0 Å². The molecule has 1 unspecified atom stereocenters. The van der Waals surface area contributed by atoms with Crippen LogP contribution in [0.5, 0.6) is 0 Å². The largest absolute Gasteiger partial charge is 0.481 e. The molecular weight excluding hydrogens is 216 g/mol. The second kappa shape index (κ2) is 4.82. The minimum absolute atomic E-state index is 0.359. The highest BCUT2D eigenvalue weighted by Crippen LogP contribution is 2.18. The number of carboxylic acids is 1. The molecule has 2 aromatic rings. The minimum Gasteiger partial charge on any atom is -0.481 e. The van der Waals surface area contributed by atoms with E-state index in [9.17, 15) is 9.90 Å². The molecule has 1 aromatic heterocycles. The van der Waals surface area contributed by atoms with E-state index in [1.54, 1.807) is 10.9 Å². The number of carbonyl (C=O) groups is 1. The molecule has 0 radical (unpaired) electrons. The third kappa shape index (κ3) is 2.53. The molecule has 0 fully saturated rings. The lowest BCUT2D eigenvalue weighted by Gasteiger charge is -2.13. The maximum atomic E-state index is 11.3. The van der Waals surface area contributed by atoms with Gasteiger partial charge >= 0.3 is 5.97 Å². The van der Waals surface area contributed by atoms with Crippen LogP contribution in [0, 0.1) is 6.92 Å². The minimum atomic E-state index is -0.828. The molecule has 2 rings (SSSR count). The number of aryl methyl sites for hydroxylation is 1. The second-order valence-corrected chi connectivity index (χ2v) is 3.96. The molecule has 88 valence electrons. The quantitative estimate of drug-likeness (QED) is 0.874. The first-order valence-corrected chi connectivity index (χ1v) is 5.44. The van der Waals surface area contributed by atoms with Crippen LogP contribution in [0.15, 0.2) is 42.6 Å². The van der Waals surface area contributed by atoms with Crippen molar-refractivity contribution >= 4 is 5.97 Å². The van der Waals surface area contributed by atoms with Crippen molar-refractivity contribution in [3.05, 3.63) is 53.9 Å². The van der Waals surface area contributed by atoms with Gasteiger partial charge in [-0.25, -0.2) is 0 Å². The summed E-state index contributed by atoms with van der Waals surface area (Å²) in [5.74, 6) is -1.39. The first-order valence-electron chi connectivity index (χ1n) is 5.44. The smallest absolute Gasteiger partial charge is 0.312 e. The molecule has 1 heterocycles. The number of hydrogen-bond acceptors (Lipinski definition) is 2. The standard InChI is InChI=1S/C13H14N2O2/c1-10-7-8-14-15(10)9-12(13(16)17)11-5-3-2-4-6-11/h2-8,12H,9H2,1H3,(H,16,17). The Morgan fingerprint density at radius 3 is 2.59 bits per heavy atom. The zero-order valence-electron chi connectivity index (χ0n) is 9.58. The van der Waals surface area contributed by atoms with Gasteiger partial charge in [-0.05, 0) is 18.6 Å². The molecule has 17 heavy (non-hydrogen) atoms. The number of aromatic nitrogens is 2. The summed E-state index contributed by atoms with van der Waals surface area (Å²) in [7, 11) is 0. The summed E-state index contributed by atoms with van der Waals surface area (Å²) >= 11 is 0. The van der Waals surface area contributed by atoms with E-state index in [1.165, 1.54) is 0 Å². The molecule has 1 atom stereocenters. The zero-order chi connectivity index (χ0) is 12.3. The number of benzene rings is 1. The van der Waals surface area contributed by atoms with Gasteiger partial charge in [0.25, 0.3) is 0 Å². The van der Waals surface area contributed by atoms with Gasteiger partial charge in [-0.1, -0.05) is 30.3 Å². The fourth-order valence-corrected chi connectivity index (χ4v) is 1.77. The van der Waals surface area contributed by atoms with E-state index in [4.69, 9.17) is 0 Å². The Bertz CT molecular complexity index is 505. The molecule has 0 saturated heterocycles. The molecule has 4 nitrogen and oxygen atoms in total. The third-order valence-electron chi connectivity index (χ3n) is 2.78. The van der Waals surface area contributed by atoms with Crippen molar-refractivity contribution in [1.82, 2.24) is 9.78 Å². The predicted molar refractivity (Wildman–Crippen MR) is 63.8 cm³/mol. The lowest BCUT2D eigenvalue weighted by molar-refractivity contribution is -0.139. The average molecular weight is 230 g/mol. The maximum absolute atomic E-state index is 11.3. The van der Waals surface area contributed by atoms with Crippen molar-refractivity contribution in [3.63, 3.8) is 0 Å². The zero-order valence-corrected chi connectivity index (χ0v) is 9.58. The first-order chi connectivity index (χ1) is 8.18. The molecule has 0 aliphatic carbocycles. The third-order valence-corrected chi connectivity index (χ3v) is 2.78. The highest BCUT2D eigenvalue weighted by Gasteiger charge is 2.20. The molecule has 0 saturated carbocycles. The van der Waals surface area contributed by atoms with Crippen LogP contribution in [0.1, 0.15) is 17.2 Å².